The molecule has 0 bridgehead atoms. The highest BCUT2D eigenvalue weighted by atomic mass is 19.1. The highest BCUT2D eigenvalue weighted by molar-refractivity contribution is 5.76. The van der Waals surface area contributed by atoms with Crippen molar-refractivity contribution in [2.75, 3.05) is 19.6 Å². The molecule has 0 aromatic heterocycles. The second kappa shape index (κ2) is 7.89. The van der Waals surface area contributed by atoms with Gasteiger partial charge in [0.15, 0.2) is 0 Å². The van der Waals surface area contributed by atoms with Crippen LogP contribution in [0.15, 0.2) is 24.3 Å². The van der Waals surface area contributed by atoms with Crippen molar-refractivity contribution in [3.63, 3.8) is 0 Å². The normalized spacial score (nSPS) is 16.4. The van der Waals surface area contributed by atoms with Gasteiger partial charge in [-0.05, 0) is 37.0 Å². The Morgan fingerprint density at radius 3 is 2.45 bits per heavy atom. The van der Waals surface area contributed by atoms with E-state index in [-0.39, 0.29) is 30.2 Å². The smallest absolute Gasteiger partial charge is 0.231 e. The lowest BCUT2D eigenvalue weighted by atomic mass is 10.0. The van der Waals surface area contributed by atoms with Gasteiger partial charge in [-0.25, -0.2) is 4.39 Å². The summed E-state index contributed by atoms with van der Waals surface area (Å²) in [5, 5.41) is 3.02. The van der Waals surface area contributed by atoms with E-state index in [1.54, 1.807) is 12.1 Å². The Bertz CT molecular complexity index is 511. The van der Waals surface area contributed by atoms with Crippen molar-refractivity contribution >= 4 is 11.8 Å². The molecule has 6 heteroatoms. The molecule has 1 heterocycles. The second-order valence-corrected chi connectivity index (χ2v) is 5.71. The van der Waals surface area contributed by atoms with Crippen LogP contribution in [0.4, 0.5) is 4.39 Å². The molecule has 1 aliphatic rings. The molecule has 0 unspecified atom stereocenters. The van der Waals surface area contributed by atoms with Gasteiger partial charge in [0.2, 0.25) is 11.8 Å². The van der Waals surface area contributed by atoms with Crippen LogP contribution in [0.5, 0.6) is 0 Å². The molecule has 0 spiro atoms. The SMILES string of the molecule is NC(=O)CN1CCC(NC(=O)CCc2ccc(F)cc2)CC1. The number of halogens is 1. The summed E-state index contributed by atoms with van der Waals surface area (Å²) < 4.78 is 12.8. The Morgan fingerprint density at radius 1 is 1.23 bits per heavy atom. The van der Waals surface area contributed by atoms with Crippen LogP contribution in [0.25, 0.3) is 0 Å². The molecule has 3 N–H and O–H groups in total. The van der Waals surface area contributed by atoms with Crippen molar-refractivity contribution in [1.82, 2.24) is 10.2 Å². The number of aryl methyl sites for hydroxylation is 1. The van der Waals surface area contributed by atoms with Crippen LogP contribution in [0, 0.1) is 5.82 Å². The molecule has 2 rings (SSSR count). The zero-order chi connectivity index (χ0) is 15.9. The molecule has 5 nitrogen and oxygen atoms in total. The molecule has 22 heavy (non-hydrogen) atoms. The fraction of sp³-hybridized carbons (Fsp3) is 0.500. The van der Waals surface area contributed by atoms with Gasteiger partial charge in [-0.3, -0.25) is 14.5 Å². The van der Waals surface area contributed by atoms with Gasteiger partial charge in [-0.2, -0.15) is 0 Å². The molecular formula is C16H22FN3O2. The number of nitrogens with zero attached hydrogens (tertiary/aromatic N) is 1. The quantitative estimate of drug-likeness (QED) is 0.817. The molecule has 1 aliphatic heterocycles. The van der Waals surface area contributed by atoms with Gasteiger partial charge in [-0.15, -0.1) is 0 Å². The number of hydrogen-bond acceptors (Lipinski definition) is 3. The highest BCUT2D eigenvalue weighted by Gasteiger charge is 2.21. The maximum absolute atomic E-state index is 12.8. The maximum Gasteiger partial charge on any atom is 0.231 e. The molecule has 1 saturated heterocycles. The Labute approximate surface area is 129 Å². The monoisotopic (exact) mass is 307 g/mol. The third-order valence-corrected chi connectivity index (χ3v) is 3.89. The largest absolute Gasteiger partial charge is 0.369 e. The standard InChI is InChI=1S/C16H22FN3O2/c17-13-4-1-12(2-5-13)3-6-16(22)19-14-7-9-20(10-8-14)11-15(18)21/h1-2,4-5,14H,3,6-11H2,(H2,18,21)(H,19,22). The van der Waals surface area contributed by atoms with Crippen molar-refractivity contribution in [3.8, 4) is 0 Å². The Hall–Kier alpha value is -1.95. The fourth-order valence-corrected chi connectivity index (χ4v) is 2.66. The van der Waals surface area contributed by atoms with E-state index in [1.807, 2.05) is 4.90 Å². The van der Waals surface area contributed by atoms with Gasteiger partial charge in [0.1, 0.15) is 5.82 Å². The minimum Gasteiger partial charge on any atom is -0.369 e. The van der Waals surface area contributed by atoms with E-state index in [0.717, 1.165) is 31.5 Å². The molecule has 0 atom stereocenters. The maximum atomic E-state index is 12.8. The van der Waals surface area contributed by atoms with Gasteiger partial charge in [0.25, 0.3) is 0 Å². The van der Waals surface area contributed by atoms with Gasteiger partial charge in [-0.1, -0.05) is 12.1 Å². The summed E-state index contributed by atoms with van der Waals surface area (Å²) in [6.45, 7) is 1.82. The van der Waals surface area contributed by atoms with E-state index in [2.05, 4.69) is 5.32 Å². The summed E-state index contributed by atoms with van der Waals surface area (Å²) in [6.07, 6.45) is 2.66. The van der Waals surface area contributed by atoms with Crippen molar-refractivity contribution in [2.24, 2.45) is 5.73 Å². The van der Waals surface area contributed by atoms with Gasteiger partial charge >= 0.3 is 0 Å². The highest BCUT2D eigenvalue weighted by Crippen LogP contribution is 2.11. The van der Waals surface area contributed by atoms with Crippen LogP contribution in [-0.4, -0.2) is 42.4 Å². The Kier molecular flexibility index (Phi) is 5.89. The third-order valence-electron chi connectivity index (χ3n) is 3.89. The van der Waals surface area contributed by atoms with Crippen LogP contribution in [0.1, 0.15) is 24.8 Å². The van der Waals surface area contributed by atoms with E-state index in [1.165, 1.54) is 12.1 Å². The summed E-state index contributed by atoms with van der Waals surface area (Å²) in [5.41, 5.74) is 6.12. The number of piperidine rings is 1. The minimum atomic E-state index is -0.318. The molecule has 1 aromatic rings. The molecule has 0 aliphatic carbocycles. The molecule has 2 amide bonds. The number of amides is 2. The first-order valence-electron chi connectivity index (χ1n) is 7.57. The van der Waals surface area contributed by atoms with E-state index < -0.39 is 0 Å². The van der Waals surface area contributed by atoms with Crippen LogP contribution in [-0.2, 0) is 16.0 Å². The van der Waals surface area contributed by atoms with Gasteiger partial charge < -0.3 is 11.1 Å². The third kappa shape index (κ3) is 5.44. The number of benzene rings is 1. The zero-order valence-corrected chi connectivity index (χ0v) is 12.6. The van der Waals surface area contributed by atoms with E-state index in [4.69, 9.17) is 5.73 Å². The summed E-state index contributed by atoms with van der Waals surface area (Å²) in [6, 6.07) is 6.36. The van der Waals surface area contributed by atoms with Crippen LogP contribution in [0.2, 0.25) is 0 Å². The first kappa shape index (κ1) is 16.4. The number of nitrogens with one attached hydrogen (secondary N) is 1. The fourth-order valence-electron chi connectivity index (χ4n) is 2.66. The predicted molar refractivity (Wildman–Crippen MR) is 81.5 cm³/mol. The molecule has 0 radical (unpaired) electrons. The van der Waals surface area contributed by atoms with Crippen molar-refractivity contribution in [3.05, 3.63) is 35.6 Å². The van der Waals surface area contributed by atoms with Gasteiger partial charge in [0.05, 0.1) is 6.54 Å². The first-order valence-corrected chi connectivity index (χ1v) is 7.57. The lowest BCUT2D eigenvalue weighted by molar-refractivity contribution is -0.123. The predicted octanol–water partition coefficient (Wildman–Crippen LogP) is 0.824. The number of rotatable bonds is 6. The second-order valence-electron chi connectivity index (χ2n) is 5.71. The minimum absolute atomic E-state index is 0.0117. The molecular weight excluding hydrogens is 285 g/mol. The average molecular weight is 307 g/mol. The number of carbonyl (C=O) groups excluding carboxylic acids is 2. The van der Waals surface area contributed by atoms with Crippen LogP contribution >= 0.6 is 0 Å². The van der Waals surface area contributed by atoms with Crippen molar-refractivity contribution in [1.29, 1.82) is 0 Å². The zero-order valence-electron chi connectivity index (χ0n) is 12.6. The summed E-state index contributed by atoms with van der Waals surface area (Å²) in [5.74, 6) is -0.574. The molecule has 1 fully saturated rings. The number of nitrogens with two attached hydrogens (primary N) is 1. The summed E-state index contributed by atoms with van der Waals surface area (Å²) in [4.78, 5) is 24.8. The van der Waals surface area contributed by atoms with Crippen molar-refractivity contribution in [2.45, 2.75) is 31.7 Å². The molecule has 0 saturated carbocycles. The number of carbonyl (C=O) groups is 2. The topological polar surface area (TPSA) is 75.4 Å². The Balaban J connectivity index is 1.67. The van der Waals surface area contributed by atoms with E-state index in [9.17, 15) is 14.0 Å². The first-order chi connectivity index (χ1) is 10.5. The van der Waals surface area contributed by atoms with E-state index in [0.29, 0.717) is 12.8 Å². The lowest BCUT2D eigenvalue weighted by Crippen LogP contribution is -2.46. The number of hydrogen-bond donors (Lipinski definition) is 2. The van der Waals surface area contributed by atoms with E-state index >= 15 is 0 Å². The average Bonchev–Trinajstić information content (AvgIpc) is 2.48. The summed E-state index contributed by atoms with van der Waals surface area (Å²) in [7, 11) is 0. The summed E-state index contributed by atoms with van der Waals surface area (Å²) >= 11 is 0. The lowest BCUT2D eigenvalue weighted by Gasteiger charge is -2.31. The van der Waals surface area contributed by atoms with Crippen LogP contribution in [0.3, 0.4) is 0 Å². The number of likely N-dealkylation sites (tertiary alicyclic amines) is 1. The number of primary amides is 1. The van der Waals surface area contributed by atoms with Crippen LogP contribution < -0.4 is 11.1 Å². The Morgan fingerprint density at radius 2 is 1.86 bits per heavy atom. The molecule has 120 valence electrons. The van der Waals surface area contributed by atoms with Crippen molar-refractivity contribution < 1.29 is 14.0 Å². The molecule has 1 aromatic carbocycles. The van der Waals surface area contributed by atoms with Gasteiger partial charge in [0, 0.05) is 25.6 Å².